The molecule has 1 unspecified atom stereocenters. The van der Waals surface area contributed by atoms with Crippen LogP contribution in [0.15, 0.2) is 12.7 Å². The first kappa shape index (κ1) is 10.7. The highest BCUT2D eigenvalue weighted by Gasteiger charge is 2.01. The zero-order valence-electron chi connectivity index (χ0n) is 7.60. The SMILES string of the molecule is C=CCC(COCCC)NC. The molecule has 2 nitrogen and oxygen atoms in total. The molecule has 0 aliphatic heterocycles. The summed E-state index contributed by atoms with van der Waals surface area (Å²) in [5.74, 6) is 0. The molecule has 0 bridgehead atoms. The smallest absolute Gasteiger partial charge is 0.0622 e. The quantitative estimate of drug-likeness (QED) is 0.447. The van der Waals surface area contributed by atoms with Crippen molar-refractivity contribution in [3.8, 4) is 0 Å². The molecule has 0 amide bonds. The first-order valence-electron chi connectivity index (χ1n) is 4.21. The van der Waals surface area contributed by atoms with Crippen molar-refractivity contribution in [3.05, 3.63) is 12.7 Å². The molecule has 0 fully saturated rings. The molecule has 66 valence electrons. The third-order valence-corrected chi connectivity index (χ3v) is 1.53. The van der Waals surface area contributed by atoms with E-state index in [1.165, 1.54) is 0 Å². The first-order chi connectivity index (χ1) is 5.35. The van der Waals surface area contributed by atoms with Crippen molar-refractivity contribution in [1.82, 2.24) is 5.32 Å². The minimum atomic E-state index is 0.430. The van der Waals surface area contributed by atoms with Gasteiger partial charge in [-0.25, -0.2) is 0 Å². The molecule has 0 aliphatic carbocycles. The van der Waals surface area contributed by atoms with Gasteiger partial charge in [0.2, 0.25) is 0 Å². The lowest BCUT2D eigenvalue weighted by molar-refractivity contribution is 0.114. The van der Waals surface area contributed by atoms with Crippen molar-refractivity contribution in [2.75, 3.05) is 20.3 Å². The molecule has 0 aromatic rings. The van der Waals surface area contributed by atoms with Gasteiger partial charge in [0.15, 0.2) is 0 Å². The zero-order chi connectivity index (χ0) is 8.53. The summed E-state index contributed by atoms with van der Waals surface area (Å²) in [7, 11) is 1.95. The Morgan fingerprint density at radius 2 is 2.36 bits per heavy atom. The van der Waals surface area contributed by atoms with Crippen molar-refractivity contribution in [2.24, 2.45) is 0 Å². The van der Waals surface area contributed by atoms with Gasteiger partial charge in [0.25, 0.3) is 0 Å². The maximum atomic E-state index is 5.38. The van der Waals surface area contributed by atoms with Gasteiger partial charge >= 0.3 is 0 Å². The van der Waals surface area contributed by atoms with Gasteiger partial charge < -0.3 is 10.1 Å². The number of ether oxygens (including phenoxy) is 1. The standard InChI is InChI=1S/C9H19NO/c1-4-6-9(10-3)8-11-7-5-2/h4,9-10H,1,5-8H2,2-3H3. The van der Waals surface area contributed by atoms with Crippen LogP contribution in [0, 0.1) is 0 Å². The molecule has 1 atom stereocenters. The van der Waals surface area contributed by atoms with E-state index in [0.29, 0.717) is 6.04 Å². The molecule has 0 heterocycles. The lowest BCUT2D eigenvalue weighted by Gasteiger charge is -2.13. The zero-order valence-corrected chi connectivity index (χ0v) is 7.60. The summed E-state index contributed by atoms with van der Waals surface area (Å²) >= 11 is 0. The highest BCUT2D eigenvalue weighted by Crippen LogP contribution is 1.93. The van der Waals surface area contributed by atoms with Gasteiger partial charge in [-0.3, -0.25) is 0 Å². The highest BCUT2D eigenvalue weighted by molar-refractivity contribution is 4.76. The van der Waals surface area contributed by atoms with Crippen LogP contribution < -0.4 is 5.32 Å². The molecule has 0 saturated carbocycles. The molecule has 0 aromatic carbocycles. The molecule has 1 N–H and O–H groups in total. The van der Waals surface area contributed by atoms with Crippen molar-refractivity contribution >= 4 is 0 Å². The summed E-state index contributed by atoms with van der Waals surface area (Å²) < 4.78 is 5.38. The predicted molar refractivity (Wildman–Crippen MR) is 48.8 cm³/mol. The lowest BCUT2D eigenvalue weighted by Crippen LogP contribution is -2.29. The van der Waals surface area contributed by atoms with Gasteiger partial charge in [-0.2, -0.15) is 0 Å². The number of rotatable bonds is 7. The van der Waals surface area contributed by atoms with E-state index in [-0.39, 0.29) is 0 Å². The van der Waals surface area contributed by atoms with Crippen LogP contribution >= 0.6 is 0 Å². The highest BCUT2D eigenvalue weighted by atomic mass is 16.5. The molecule has 11 heavy (non-hydrogen) atoms. The minimum Gasteiger partial charge on any atom is -0.380 e. The van der Waals surface area contributed by atoms with E-state index in [1.807, 2.05) is 13.1 Å². The van der Waals surface area contributed by atoms with E-state index in [4.69, 9.17) is 4.74 Å². The van der Waals surface area contributed by atoms with Gasteiger partial charge in [0.1, 0.15) is 0 Å². The molecule has 0 aromatic heterocycles. The summed E-state index contributed by atoms with van der Waals surface area (Å²) in [6, 6.07) is 0.430. The first-order valence-corrected chi connectivity index (χ1v) is 4.21. The molecule has 0 radical (unpaired) electrons. The Kier molecular flexibility index (Phi) is 7.52. The summed E-state index contributed by atoms with van der Waals surface area (Å²) in [4.78, 5) is 0. The average Bonchev–Trinajstić information content (AvgIpc) is 2.03. The summed E-state index contributed by atoms with van der Waals surface area (Å²) in [6.45, 7) is 7.44. The molecule has 0 saturated heterocycles. The Morgan fingerprint density at radius 3 is 2.82 bits per heavy atom. The van der Waals surface area contributed by atoms with Gasteiger partial charge in [-0.1, -0.05) is 13.0 Å². The average molecular weight is 157 g/mol. The van der Waals surface area contributed by atoms with Crippen LogP contribution in [0.5, 0.6) is 0 Å². The monoisotopic (exact) mass is 157 g/mol. The lowest BCUT2D eigenvalue weighted by atomic mass is 10.2. The largest absolute Gasteiger partial charge is 0.380 e. The minimum absolute atomic E-state index is 0.430. The van der Waals surface area contributed by atoms with E-state index < -0.39 is 0 Å². The fourth-order valence-electron chi connectivity index (χ4n) is 0.840. The normalized spacial score (nSPS) is 12.9. The van der Waals surface area contributed by atoms with Crippen molar-refractivity contribution in [3.63, 3.8) is 0 Å². The number of likely N-dealkylation sites (N-methyl/N-ethyl adjacent to an activating group) is 1. The third-order valence-electron chi connectivity index (χ3n) is 1.53. The van der Waals surface area contributed by atoms with Crippen LogP contribution in [0.3, 0.4) is 0 Å². The van der Waals surface area contributed by atoms with Crippen molar-refractivity contribution < 1.29 is 4.74 Å². The predicted octanol–water partition coefficient (Wildman–Crippen LogP) is 1.58. The Morgan fingerprint density at radius 1 is 1.64 bits per heavy atom. The Labute approximate surface area is 69.6 Å². The second kappa shape index (κ2) is 7.76. The molecular weight excluding hydrogens is 138 g/mol. The van der Waals surface area contributed by atoms with Gasteiger partial charge in [-0.15, -0.1) is 6.58 Å². The van der Waals surface area contributed by atoms with Crippen LogP contribution in [0.1, 0.15) is 19.8 Å². The van der Waals surface area contributed by atoms with Crippen molar-refractivity contribution in [1.29, 1.82) is 0 Å². The van der Waals surface area contributed by atoms with Crippen LogP contribution in [0.25, 0.3) is 0 Å². The molecule has 0 spiro atoms. The summed E-state index contributed by atoms with van der Waals surface area (Å²) in [6.07, 6.45) is 3.97. The van der Waals surface area contributed by atoms with Crippen LogP contribution in [-0.4, -0.2) is 26.3 Å². The van der Waals surface area contributed by atoms with Gasteiger partial charge in [0.05, 0.1) is 6.61 Å². The van der Waals surface area contributed by atoms with E-state index in [0.717, 1.165) is 26.1 Å². The Bertz CT molecular complexity index is 93.6. The third kappa shape index (κ3) is 6.07. The maximum Gasteiger partial charge on any atom is 0.0622 e. The van der Waals surface area contributed by atoms with E-state index in [2.05, 4.69) is 18.8 Å². The topological polar surface area (TPSA) is 21.3 Å². The number of nitrogens with one attached hydrogen (secondary N) is 1. The van der Waals surface area contributed by atoms with Crippen LogP contribution in [0.4, 0.5) is 0 Å². The Hall–Kier alpha value is -0.340. The number of hydrogen-bond acceptors (Lipinski definition) is 2. The van der Waals surface area contributed by atoms with E-state index in [9.17, 15) is 0 Å². The second-order valence-electron chi connectivity index (χ2n) is 2.58. The summed E-state index contributed by atoms with van der Waals surface area (Å²) in [5, 5.41) is 3.17. The van der Waals surface area contributed by atoms with Crippen LogP contribution in [-0.2, 0) is 4.74 Å². The van der Waals surface area contributed by atoms with Crippen LogP contribution in [0.2, 0.25) is 0 Å². The van der Waals surface area contributed by atoms with Gasteiger partial charge in [0, 0.05) is 12.6 Å². The summed E-state index contributed by atoms with van der Waals surface area (Å²) in [5.41, 5.74) is 0. The van der Waals surface area contributed by atoms with E-state index >= 15 is 0 Å². The maximum absolute atomic E-state index is 5.38. The molecule has 0 aliphatic rings. The molecular formula is C9H19NO. The number of hydrogen-bond donors (Lipinski definition) is 1. The molecule has 0 rings (SSSR count). The fourth-order valence-corrected chi connectivity index (χ4v) is 0.840. The van der Waals surface area contributed by atoms with Crippen molar-refractivity contribution in [2.45, 2.75) is 25.8 Å². The van der Waals surface area contributed by atoms with E-state index in [1.54, 1.807) is 0 Å². The molecule has 2 heteroatoms. The van der Waals surface area contributed by atoms with Gasteiger partial charge in [-0.05, 0) is 19.9 Å². The Balaban J connectivity index is 3.27. The fraction of sp³-hybridized carbons (Fsp3) is 0.778. The second-order valence-corrected chi connectivity index (χ2v) is 2.58.